The molecule has 1 saturated carbocycles. The van der Waals surface area contributed by atoms with Gasteiger partial charge in [-0.05, 0) is 24.7 Å². The second kappa shape index (κ2) is 3.73. The lowest BCUT2D eigenvalue weighted by Gasteiger charge is -2.11. The van der Waals surface area contributed by atoms with E-state index in [9.17, 15) is 0 Å². The molecule has 0 saturated heterocycles. The summed E-state index contributed by atoms with van der Waals surface area (Å²) in [4.78, 5) is 15.5. The van der Waals surface area contributed by atoms with E-state index in [1.54, 1.807) is 12.7 Å². The van der Waals surface area contributed by atoms with Gasteiger partial charge in [-0.15, -0.1) is 0 Å². The molecule has 0 amide bonds. The average Bonchev–Trinajstić information content (AvgIpc) is 3.04. The van der Waals surface area contributed by atoms with Crippen molar-refractivity contribution in [3.63, 3.8) is 0 Å². The molecule has 2 aromatic heterocycles. The van der Waals surface area contributed by atoms with Crippen molar-refractivity contribution in [2.24, 2.45) is 11.8 Å². The Kier molecular flexibility index (Phi) is 2.23. The van der Waals surface area contributed by atoms with Crippen molar-refractivity contribution >= 4 is 17.0 Å². The number of nitrogens with zero attached hydrogens (tertiary/aromatic N) is 3. The lowest BCUT2D eigenvalue weighted by atomic mass is 10.1. The maximum Gasteiger partial charge on any atom is 0.182 e. The van der Waals surface area contributed by atoms with Gasteiger partial charge in [0.25, 0.3) is 0 Å². The lowest BCUT2D eigenvalue weighted by Crippen LogP contribution is -2.14. The van der Waals surface area contributed by atoms with Crippen molar-refractivity contribution in [3.05, 3.63) is 12.7 Å². The highest BCUT2D eigenvalue weighted by Crippen LogP contribution is 2.36. The Morgan fingerprint density at radius 3 is 3.12 bits per heavy atom. The van der Waals surface area contributed by atoms with Crippen LogP contribution in [0, 0.1) is 11.8 Å². The van der Waals surface area contributed by atoms with Gasteiger partial charge < -0.3 is 10.3 Å². The van der Waals surface area contributed by atoms with Gasteiger partial charge >= 0.3 is 0 Å². The largest absolute Gasteiger partial charge is 0.368 e. The first-order chi connectivity index (χ1) is 7.84. The average molecular weight is 217 g/mol. The highest BCUT2D eigenvalue weighted by Gasteiger charge is 2.27. The molecule has 5 heteroatoms. The van der Waals surface area contributed by atoms with Crippen molar-refractivity contribution in [3.8, 4) is 0 Å². The van der Waals surface area contributed by atoms with Crippen LogP contribution in [0.25, 0.3) is 11.2 Å². The summed E-state index contributed by atoms with van der Waals surface area (Å²) in [6.07, 6.45) is 5.96. The van der Waals surface area contributed by atoms with Crippen molar-refractivity contribution < 1.29 is 0 Å². The molecule has 1 atom stereocenters. The SMILES string of the molecule is CC(CNc1ncnc2nc[nH]c12)C1CC1. The van der Waals surface area contributed by atoms with Gasteiger partial charge in [-0.3, -0.25) is 0 Å². The number of fused-ring (bicyclic) bond motifs is 1. The molecule has 2 heterocycles. The summed E-state index contributed by atoms with van der Waals surface area (Å²) in [6, 6.07) is 0. The second-order valence-corrected chi connectivity index (χ2v) is 4.52. The molecular weight excluding hydrogens is 202 g/mol. The monoisotopic (exact) mass is 217 g/mol. The Labute approximate surface area is 93.7 Å². The summed E-state index contributed by atoms with van der Waals surface area (Å²) in [5.74, 6) is 2.48. The molecule has 1 aliphatic carbocycles. The Morgan fingerprint density at radius 1 is 1.44 bits per heavy atom. The molecule has 0 aliphatic heterocycles. The quantitative estimate of drug-likeness (QED) is 0.819. The number of rotatable bonds is 4. The van der Waals surface area contributed by atoms with Gasteiger partial charge in [0.05, 0.1) is 6.33 Å². The van der Waals surface area contributed by atoms with E-state index in [1.807, 2.05) is 0 Å². The van der Waals surface area contributed by atoms with Crippen molar-refractivity contribution in [2.45, 2.75) is 19.8 Å². The lowest BCUT2D eigenvalue weighted by molar-refractivity contribution is 0.536. The van der Waals surface area contributed by atoms with Crippen molar-refractivity contribution in [1.82, 2.24) is 19.9 Å². The van der Waals surface area contributed by atoms with E-state index in [0.717, 1.165) is 29.4 Å². The summed E-state index contributed by atoms with van der Waals surface area (Å²) in [6.45, 7) is 3.26. The zero-order chi connectivity index (χ0) is 11.0. The maximum absolute atomic E-state index is 4.24. The number of imidazole rings is 1. The molecule has 5 nitrogen and oxygen atoms in total. The fourth-order valence-corrected chi connectivity index (χ4v) is 1.99. The molecule has 2 aromatic rings. The van der Waals surface area contributed by atoms with Crippen LogP contribution < -0.4 is 5.32 Å². The Balaban J connectivity index is 1.75. The van der Waals surface area contributed by atoms with Crippen LogP contribution in [0.4, 0.5) is 5.82 Å². The fraction of sp³-hybridized carbons (Fsp3) is 0.545. The smallest absolute Gasteiger partial charge is 0.182 e. The molecule has 0 aromatic carbocycles. The van der Waals surface area contributed by atoms with E-state index in [2.05, 4.69) is 32.2 Å². The zero-order valence-electron chi connectivity index (χ0n) is 9.27. The van der Waals surface area contributed by atoms with E-state index in [1.165, 1.54) is 12.8 Å². The predicted octanol–water partition coefficient (Wildman–Crippen LogP) is 1.81. The van der Waals surface area contributed by atoms with Crippen LogP contribution in [0.3, 0.4) is 0 Å². The van der Waals surface area contributed by atoms with E-state index in [4.69, 9.17) is 0 Å². The van der Waals surface area contributed by atoms with Crippen LogP contribution in [0.1, 0.15) is 19.8 Å². The standard InChI is InChI=1S/C11H15N5/c1-7(8-2-3-8)4-12-10-9-11(14-5-13-9)16-6-15-10/h5-8H,2-4H2,1H3,(H2,12,13,14,15,16). The Bertz CT molecular complexity index is 488. The number of H-pyrrole nitrogens is 1. The summed E-state index contributed by atoms with van der Waals surface area (Å²) in [7, 11) is 0. The van der Waals surface area contributed by atoms with E-state index < -0.39 is 0 Å². The third-order valence-electron chi connectivity index (χ3n) is 3.24. The fourth-order valence-electron chi connectivity index (χ4n) is 1.99. The summed E-state index contributed by atoms with van der Waals surface area (Å²) in [5, 5.41) is 3.37. The first kappa shape index (κ1) is 9.57. The zero-order valence-corrected chi connectivity index (χ0v) is 9.27. The van der Waals surface area contributed by atoms with Crippen LogP contribution in [0.15, 0.2) is 12.7 Å². The molecule has 0 bridgehead atoms. The van der Waals surface area contributed by atoms with Crippen LogP contribution in [0.5, 0.6) is 0 Å². The molecule has 1 unspecified atom stereocenters. The number of aromatic nitrogens is 4. The Hall–Kier alpha value is -1.65. The Morgan fingerprint density at radius 2 is 2.31 bits per heavy atom. The minimum Gasteiger partial charge on any atom is -0.368 e. The number of aromatic amines is 1. The normalized spacial score (nSPS) is 17.6. The van der Waals surface area contributed by atoms with Gasteiger partial charge in [0.15, 0.2) is 11.5 Å². The molecule has 0 radical (unpaired) electrons. The van der Waals surface area contributed by atoms with Crippen LogP contribution in [-0.4, -0.2) is 26.5 Å². The molecule has 1 fully saturated rings. The number of hydrogen-bond acceptors (Lipinski definition) is 4. The van der Waals surface area contributed by atoms with Crippen LogP contribution in [0.2, 0.25) is 0 Å². The maximum atomic E-state index is 4.24. The van der Waals surface area contributed by atoms with E-state index in [-0.39, 0.29) is 0 Å². The van der Waals surface area contributed by atoms with E-state index in [0.29, 0.717) is 5.92 Å². The molecule has 84 valence electrons. The predicted molar refractivity (Wildman–Crippen MR) is 62.1 cm³/mol. The van der Waals surface area contributed by atoms with Crippen LogP contribution >= 0.6 is 0 Å². The summed E-state index contributed by atoms with van der Waals surface area (Å²) < 4.78 is 0. The molecular formula is C11H15N5. The molecule has 3 rings (SSSR count). The first-order valence-corrected chi connectivity index (χ1v) is 5.72. The minimum atomic E-state index is 0.716. The highest BCUT2D eigenvalue weighted by atomic mass is 15.1. The van der Waals surface area contributed by atoms with Gasteiger partial charge in [0, 0.05) is 6.54 Å². The van der Waals surface area contributed by atoms with Crippen LogP contribution in [-0.2, 0) is 0 Å². The molecule has 0 spiro atoms. The second-order valence-electron chi connectivity index (χ2n) is 4.52. The summed E-state index contributed by atoms with van der Waals surface area (Å²) in [5.41, 5.74) is 1.61. The molecule has 1 aliphatic rings. The topological polar surface area (TPSA) is 66.5 Å². The van der Waals surface area contributed by atoms with Gasteiger partial charge in [-0.25, -0.2) is 15.0 Å². The summed E-state index contributed by atoms with van der Waals surface area (Å²) >= 11 is 0. The van der Waals surface area contributed by atoms with Gasteiger partial charge in [0.1, 0.15) is 11.8 Å². The molecule has 16 heavy (non-hydrogen) atoms. The van der Waals surface area contributed by atoms with E-state index >= 15 is 0 Å². The third kappa shape index (κ3) is 1.73. The molecule has 2 N–H and O–H groups in total. The minimum absolute atomic E-state index is 0.716. The van der Waals surface area contributed by atoms with Gasteiger partial charge in [-0.1, -0.05) is 6.92 Å². The highest BCUT2D eigenvalue weighted by molar-refractivity contribution is 5.81. The number of hydrogen-bond donors (Lipinski definition) is 2. The van der Waals surface area contributed by atoms with Gasteiger partial charge in [-0.2, -0.15) is 0 Å². The number of nitrogens with one attached hydrogen (secondary N) is 2. The first-order valence-electron chi connectivity index (χ1n) is 5.72. The third-order valence-corrected chi connectivity index (χ3v) is 3.24. The van der Waals surface area contributed by atoms with Gasteiger partial charge in [0.2, 0.25) is 0 Å². The van der Waals surface area contributed by atoms with Crippen molar-refractivity contribution in [2.75, 3.05) is 11.9 Å². The number of anilines is 1. The van der Waals surface area contributed by atoms with Crippen molar-refractivity contribution in [1.29, 1.82) is 0 Å².